The third-order valence-electron chi connectivity index (χ3n) is 3.48. The molecule has 2 amide bonds. The molecule has 0 radical (unpaired) electrons. The fourth-order valence-electron chi connectivity index (χ4n) is 2.18. The molecule has 26 heavy (non-hydrogen) atoms. The molecule has 7 nitrogen and oxygen atoms in total. The largest absolute Gasteiger partial charge is 0.338 e. The summed E-state index contributed by atoms with van der Waals surface area (Å²) >= 11 is 0. The standard InChI is InChI=1S/C18H23FN4O3/c1-18(2,3)14-9-17(26-22-14)21-16(25)11-23(4)10-15(24)20-13-7-5-6-12(19)8-13/h5-9H,10-11H2,1-4H3,(H,20,24)(H,21,25). The summed E-state index contributed by atoms with van der Waals surface area (Å²) in [6.07, 6.45) is 0. The molecule has 0 spiro atoms. The minimum atomic E-state index is -0.433. The Bertz CT molecular complexity index is 783. The molecule has 140 valence electrons. The van der Waals surface area contributed by atoms with Crippen molar-refractivity contribution in [2.75, 3.05) is 30.8 Å². The molecule has 2 aromatic rings. The molecule has 1 aromatic heterocycles. The van der Waals surface area contributed by atoms with E-state index in [9.17, 15) is 14.0 Å². The molecule has 0 saturated heterocycles. The average molecular weight is 362 g/mol. The maximum atomic E-state index is 13.1. The zero-order valence-corrected chi connectivity index (χ0v) is 15.3. The summed E-state index contributed by atoms with van der Waals surface area (Å²) in [5.41, 5.74) is 0.915. The topological polar surface area (TPSA) is 87.5 Å². The van der Waals surface area contributed by atoms with Crippen LogP contribution in [-0.2, 0) is 15.0 Å². The predicted molar refractivity (Wildman–Crippen MR) is 96.4 cm³/mol. The fraction of sp³-hybridized carbons (Fsp3) is 0.389. The zero-order valence-electron chi connectivity index (χ0n) is 15.3. The Kier molecular flexibility index (Phi) is 6.10. The van der Waals surface area contributed by atoms with Crippen molar-refractivity contribution in [2.24, 2.45) is 0 Å². The van der Waals surface area contributed by atoms with Gasteiger partial charge in [-0.3, -0.25) is 19.8 Å². The first-order valence-electron chi connectivity index (χ1n) is 8.14. The molecule has 0 saturated carbocycles. The van der Waals surface area contributed by atoms with E-state index in [4.69, 9.17) is 4.52 Å². The molecule has 2 rings (SSSR count). The lowest BCUT2D eigenvalue weighted by molar-refractivity contribution is -0.119. The SMILES string of the molecule is CN(CC(=O)Nc1cccc(F)c1)CC(=O)Nc1cc(C(C)(C)C)no1. The first-order valence-corrected chi connectivity index (χ1v) is 8.14. The Morgan fingerprint density at radius 3 is 2.38 bits per heavy atom. The lowest BCUT2D eigenvalue weighted by Gasteiger charge is -2.15. The van der Waals surface area contributed by atoms with Gasteiger partial charge in [0.15, 0.2) is 0 Å². The molecule has 0 unspecified atom stereocenters. The van der Waals surface area contributed by atoms with Crippen molar-refractivity contribution in [1.29, 1.82) is 0 Å². The molecule has 1 heterocycles. The second-order valence-electron chi connectivity index (χ2n) is 7.11. The quantitative estimate of drug-likeness (QED) is 0.825. The first-order chi connectivity index (χ1) is 12.1. The summed E-state index contributed by atoms with van der Waals surface area (Å²) < 4.78 is 18.2. The van der Waals surface area contributed by atoms with Crippen LogP contribution in [0.4, 0.5) is 16.0 Å². The molecule has 0 aliphatic carbocycles. The number of aromatic nitrogens is 1. The van der Waals surface area contributed by atoms with Crippen molar-refractivity contribution in [2.45, 2.75) is 26.2 Å². The minimum absolute atomic E-state index is 0.0118. The molecule has 0 atom stereocenters. The van der Waals surface area contributed by atoms with Gasteiger partial charge in [-0.25, -0.2) is 4.39 Å². The second kappa shape index (κ2) is 8.09. The highest BCUT2D eigenvalue weighted by atomic mass is 19.1. The van der Waals surface area contributed by atoms with E-state index in [1.165, 1.54) is 23.1 Å². The summed E-state index contributed by atoms with van der Waals surface area (Å²) in [6.45, 7) is 5.93. The van der Waals surface area contributed by atoms with E-state index >= 15 is 0 Å². The molecule has 8 heteroatoms. The van der Waals surface area contributed by atoms with Gasteiger partial charge in [0.25, 0.3) is 0 Å². The number of hydrogen-bond acceptors (Lipinski definition) is 5. The minimum Gasteiger partial charge on any atom is -0.338 e. The van der Waals surface area contributed by atoms with Gasteiger partial charge in [-0.2, -0.15) is 0 Å². The summed E-state index contributed by atoms with van der Waals surface area (Å²) in [5, 5.41) is 9.10. The van der Waals surface area contributed by atoms with Crippen molar-refractivity contribution >= 4 is 23.4 Å². The van der Waals surface area contributed by atoms with Crippen LogP contribution in [0.15, 0.2) is 34.9 Å². The highest BCUT2D eigenvalue weighted by Crippen LogP contribution is 2.23. The van der Waals surface area contributed by atoms with Gasteiger partial charge in [0.1, 0.15) is 5.82 Å². The Morgan fingerprint density at radius 1 is 1.15 bits per heavy atom. The number of amides is 2. The van der Waals surface area contributed by atoms with Crippen LogP contribution in [0.2, 0.25) is 0 Å². The molecular formula is C18H23FN4O3. The zero-order chi connectivity index (χ0) is 19.3. The smallest absolute Gasteiger partial charge is 0.240 e. The molecule has 0 fully saturated rings. The van der Waals surface area contributed by atoms with Gasteiger partial charge < -0.3 is 9.84 Å². The summed E-state index contributed by atoms with van der Waals surface area (Å²) in [5.74, 6) is -0.849. The molecular weight excluding hydrogens is 339 g/mol. The van der Waals surface area contributed by atoms with Crippen LogP contribution >= 0.6 is 0 Å². The Morgan fingerprint density at radius 2 is 1.81 bits per heavy atom. The number of nitrogens with one attached hydrogen (secondary N) is 2. The number of nitrogens with zero attached hydrogens (tertiary/aromatic N) is 2. The summed E-state index contributed by atoms with van der Waals surface area (Å²) in [4.78, 5) is 25.5. The third kappa shape index (κ3) is 5.96. The third-order valence-corrected chi connectivity index (χ3v) is 3.48. The van der Waals surface area contributed by atoms with Crippen molar-refractivity contribution < 1.29 is 18.5 Å². The van der Waals surface area contributed by atoms with Gasteiger partial charge in [0, 0.05) is 17.2 Å². The van der Waals surface area contributed by atoms with Gasteiger partial charge >= 0.3 is 0 Å². The van der Waals surface area contributed by atoms with Gasteiger partial charge in [-0.1, -0.05) is 32.0 Å². The normalized spacial score (nSPS) is 11.5. The van der Waals surface area contributed by atoms with Crippen molar-refractivity contribution in [3.8, 4) is 0 Å². The molecule has 0 aliphatic rings. The van der Waals surface area contributed by atoms with E-state index in [2.05, 4.69) is 15.8 Å². The van der Waals surface area contributed by atoms with E-state index in [0.29, 0.717) is 5.69 Å². The van der Waals surface area contributed by atoms with Crippen LogP contribution in [0.25, 0.3) is 0 Å². The number of likely N-dealkylation sites (N-methyl/N-ethyl adjacent to an activating group) is 1. The summed E-state index contributed by atoms with van der Waals surface area (Å²) in [6, 6.07) is 7.28. The maximum Gasteiger partial charge on any atom is 0.240 e. The van der Waals surface area contributed by atoms with Crippen LogP contribution in [0.5, 0.6) is 0 Å². The maximum absolute atomic E-state index is 13.1. The Labute approximate surface area is 151 Å². The van der Waals surface area contributed by atoms with E-state index in [-0.39, 0.29) is 36.2 Å². The summed E-state index contributed by atoms with van der Waals surface area (Å²) in [7, 11) is 1.63. The van der Waals surface area contributed by atoms with E-state index in [1.54, 1.807) is 19.2 Å². The number of benzene rings is 1. The lowest BCUT2D eigenvalue weighted by Crippen LogP contribution is -2.36. The van der Waals surface area contributed by atoms with Crippen LogP contribution in [0, 0.1) is 5.82 Å². The van der Waals surface area contributed by atoms with Gasteiger partial charge in [-0.15, -0.1) is 0 Å². The van der Waals surface area contributed by atoms with Gasteiger partial charge in [-0.05, 0) is 25.2 Å². The van der Waals surface area contributed by atoms with Gasteiger partial charge in [0.2, 0.25) is 17.7 Å². The molecule has 0 bridgehead atoms. The lowest BCUT2D eigenvalue weighted by atomic mass is 9.92. The second-order valence-corrected chi connectivity index (χ2v) is 7.11. The van der Waals surface area contributed by atoms with Crippen LogP contribution in [-0.4, -0.2) is 42.0 Å². The molecule has 0 aliphatic heterocycles. The van der Waals surface area contributed by atoms with E-state index in [1.807, 2.05) is 20.8 Å². The monoisotopic (exact) mass is 362 g/mol. The number of carbonyl (C=O) groups excluding carboxylic acids is 2. The number of carbonyl (C=O) groups is 2. The Hall–Kier alpha value is -2.74. The molecule has 1 aromatic carbocycles. The first kappa shape index (κ1) is 19.6. The van der Waals surface area contributed by atoms with Crippen LogP contribution < -0.4 is 10.6 Å². The van der Waals surface area contributed by atoms with Crippen molar-refractivity contribution in [3.05, 3.63) is 41.8 Å². The number of hydrogen-bond donors (Lipinski definition) is 2. The fourth-order valence-corrected chi connectivity index (χ4v) is 2.18. The van der Waals surface area contributed by atoms with Crippen molar-refractivity contribution in [3.63, 3.8) is 0 Å². The van der Waals surface area contributed by atoms with Crippen LogP contribution in [0.1, 0.15) is 26.5 Å². The molecule has 2 N–H and O–H groups in total. The highest BCUT2D eigenvalue weighted by Gasteiger charge is 2.20. The van der Waals surface area contributed by atoms with E-state index in [0.717, 1.165) is 5.69 Å². The number of anilines is 2. The van der Waals surface area contributed by atoms with E-state index < -0.39 is 5.82 Å². The van der Waals surface area contributed by atoms with Crippen molar-refractivity contribution in [1.82, 2.24) is 10.1 Å². The highest BCUT2D eigenvalue weighted by molar-refractivity contribution is 5.94. The number of rotatable bonds is 6. The predicted octanol–water partition coefficient (Wildman–Crippen LogP) is 2.62. The van der Waals surface area contributed by atoms with Gasteiger partial charge in [0.05, 0.1) is 18.8 Å². The van der Waals surface area contributed by atoms with Crippen LogP contribution in [0.3, 0.4) is 0 Å². The average Bonchev–Trinajstić information content (AvgIpc) is 2.95. The number of halogens is 1. The Balaban J connectivity index is 1.81.